The maximum atomic E-state index is 13.2. The maximum absolute atomic E-state index is 13.2. The highest BCUT2D eigenvalue weighted by Crippen LogP contribution is 2.34. The minimum atomic E-state index is -2.11. The van der Waals surface area contributed by atoms with Gasteiger partial charge in [0.2, 0.25) is 12.2 Å². The molecule has 0 aliphatic rings. The van der Waals surface area contributed by atoms with Crippen molar-refractivity contribution in [1.82, 2.24) is 0 Å². The van der Waals surface area contributed by atoms with Crippen molar-refractivity contribution in [3.8, 4) is 0 Å². The Labute approximate surface area is 84.9 Å². The lowest BCUT2D eigenvalue weighted by Gasteiger charge is -2.03. The van der Waals surface area contributed by atoms with E-state index in [2.05, 4.69) is 9.98 Å². The van der Waals surface area contributed by atoms with Gasteiger partial charge >= 0.3 is 0 Å². The highest BCUT2D eigenvalue weighted by atomic mass is 19.2. The maximum Gasteiger partial charge on any atom is 0.240 e. The highest BCUT2D eigenvalue weighted by molar-refractivity contribution is 5.61. The fourth-order valence-electron chi connectivity index (χ4n) is 0.897. The molecule has 82 valence electrons. The SMILES string of the molecule is O=C=Nc1c(F)c(F)c(F)c(N=C=O)c1F. The van der Waals surface area contributed by atoms with Crippen LogP contribution in [0.1, 0.15) is 0 Å². The molecule has 8 heteroatoms. The molecule has 1 rings (SSSR count). The van der Waals surface area contributed by atoms with Crippen LogP contribution in [-0.2, 0) is 9.59 Å². The van der Waals surface area contributed by atoms with E-state index in [0.717, 1.165) is 12.2 Å². The van der Waals surface area contributed by atoms with Crippen LogP contribution in [0.4, 0.5) is 28.9 Å². The Morgan fingerprint density at radius 3 is 1.38 bits per heavy atom. The van der Waals surface area contributed by atoms with Crippen LogP contribution in [0.2, 0.25) is 0 Å². The third-order valence-electron chi connectivity index (χ3n) is 1.53. The van der Waals surface area contributed by atoms with Gasteiger partial charge in [0.25, 0.3) is 0 Å². The topological polar surface area (TPSA) is 58.9 Å². The fraction of sp³-hybridized carbons (Fsp3) is 0. The molecule has 0 saturated carbocycles. The van der Waals surface area contributed by atoms with Gasteiger partial charge in [-0.3, -0.25) is 0 Å². The summed E-state index contributed by atoms with van der Waals surface area (Å²) in [4.78, 5) is 24.6. The second-order valence-electron chi connectivity index (χ2n) is 2.36. The van der Waals surface area contributed by atoms with E-state index in [9.17, 15) is 27.2 Å². The van der Waals surface area contributed by atoms with Crippen LogP contribution in [0.5, 0.6) is 0 Å². The van der Waals surface area contributed by atoms with Gasteiger partial charge in [-0.1, -0.05) is 0 Å². The summed E-state index contributed by atoms with van der Waals surface area (Å²) in [6.07, 6.45) is 1.49. The first kappa shape index (κ1) is 11.8. The molecular weight excluding hydrogens is 232 g/mol. The second kappa shape index (κ2) is 4.48. The molecule has 0 spiro atoms. The number of halogens is 4. The Bertz CT molecular complexity index is 500. The van der Waals surface area contributed by atoms with Gasteiger partial charge in [-0.05, 0) is 0 Å². The van der Waals surface area contributed by atoms with Gasteiger partial charge in [-0.2, -0.15) is 9.98 Å². The lowest BCUT2D eigenvalue weighted by molar-refractivity contribution is 0.438. The third-order valence-corrected chi connectivity index (χ3v) is 1.53. The normalized spacial score (nSPS) is 9.25. The molecule has 1 aromatic carbocycles. The second-order valence-corrected chi connectivity index (χ2v) is 2.36. The molecule has 0 N–H and O–H groups in total. The largest absolute Gasteiger partial charge is 0.240 e. The van der Waals surface area contributed by atoms with Crippen LogP contribution in [0, 0.1) is 23.3 Å². The molecule has 0 fully saturated rings. The van der Waals surface area contributed by atoms with E-state index in [0.29, 0.717) is 0 Å². The number of aliphatic imine (C=N–C) groups is 2. The van der Waals surface area contributed by atoms with Crippen molar-refractivity contribution in [2.24, 2.45) is 9.98 Å². The molecule has 0 bridgehead atoms. The average Bonchev–Trinajstić information content (AvgIpc) is 2.28. The zero-order valence-electron chi connectivity index (χ0n) is 7.22. The minimum absolute atomic E-state index is 0.747. The number of nitrogens with zero attached hydrogens (tertiary/aromatic N) is 2. The summed E-state index contributed by atoms with van der Waals surface area (Å²) in [5.74, 6) is -7.92. The predicted octanol–water partition coefficient (Wildman–Crippen LogP) is 2.18. The van der Waals surface area contributed by atoms with E-state index in [1.54, 1.807) is 0 Å². The van der Waals surface area contributed by atoms with Crippen molar-refractivity contribution < 1.29 is 27.2 Å². The Balaban J connectivity index is 3.78. The molecule has 0 heterocycles. The Hall–Kier alpha value is -2.30. The quantitative estimate of drug-likeness (QED) is 0.258. The standard InChI is InChI=1S/C8F4N2O2/c9-3-4(10)7(13-1-15)6(12)8(5(3)11)14-2-16. The molecular formula is C8F4N2O2. The molecule has 0 amide bonds. The van der Waals surface area contributed by atoms with E-state index in [1.807, 2.05) is 0 Å². The van der Waals surface area contributed by atoms with E-state index in [-0.39, 0.29) is 0 Å². The molecule has 0 radical (unpaired) electrons. The monoisotopic (exact) mass is 232 g/mol. The Kier molecular flexibility index (Phi) is 3.30. The summed E-state index contributed by atoms with van der Waals surface area (Å²) < 4.78 is 51.7. The van der Waals surface area contributed by atoms with Crippen molar-refractivity contribution in [1.29, 1.82) is 0 Å². The lowest BCUT2D eigenvalue weighted by Crippen LogP contribution is -1.96. The molecule has 16 heavy (non-hydrogen) atoms. The molecule has 1 aromatic rings. The van der Waals surface area contributed by atoms with Crippen LogP contribution in [0.15, 0.2) is 9.98 Å². The zero-order valence-corrected chi connectivity index (χ0v) is 7.22. The first-order chi connectivity index (χ1) is 7.54. The van der Waals surface area contributed by atoms with Gasteiger partial charge < -0.3 is 0 Å². The summed E-state index contributed by atoms with van der Waals surface area (Å²) in [5, 5.41) is 0. The van der Waals surface area contributed by atoms with Crippen LogP contribution in [-0.4, -0.2) is 12.2 Å². The summed E-state index contributed by atoms with van der Waals surface area (Å²) in [5.41, 5.74) is -2.83. The van der Waals surface area contributed by atoms with Gasteiger partial charge in [-0.25, -0.2) is 27.2 Å². The van der Waals surface area contributed by atoms with Crippen LogP contribution < -0.4 is 0 Å². The Morgan fingerprint density at radius 1 is 0.688 bits per heavy atom. The number of benzene rings is 1. The van der Waals surface area contributed by atoms with Gasteiger partial charge in [0.1, 0.15) is 0 Å². The molecule has 0 atom stereocenters. The smallest absolute Gasteiger partial charge is 0.211 e. The van der Waals surface area contributed by atoms with Crippen LogP contribution in [0.25, 0.3) is 0 Å². The number of hydrogen-bond acceptors (Lipinski definition) is 4. The zero-order chi connectivity index (χ0) is 12.3. The van der Waals surface area contributed by atoms with Crippen molar-refractivity contribution in [2.75, 3.05) is 0 Å². The summed E-state index contributed by atoms with van der Waals surface area (Å²) >= 11 is 0. The van der Waals surface area contributed by atoms with Gasteiger partial charge in [0.05, 0.1) is 0 Å². The molecule has 0 saturated heterocycles. The number of hydrogen-bond donors (Lipinski definition) is 0. The van der Waals surface area contributed by atoms with Crippen molar-refractivity contribution in [3.63, 3.8) is 0 Å². The third kappa shape index (κ3) is 1.75. The lowest BCUT2D eigenvalue weighted by atomic mass is 10.2. The van der Waals surface area contributed by atoms with Crippen LogP contribution in [0.3, 0.4) is 0 Å². The number of rotatable bonds is 2. The van der Waals surface area contributed by atoms with Crippen molar-refractivity contribution in [3.05, 3.63) is 23.3 Å². The predicted molar refractivity (Wildman–Crippen MR) is 41.8 cm³/mol. The summed E-state index contributed by atoms with van der Waals surface area (Å²) in [6, 6.07) is 0. The van der Waals surface area contributed by atoms with E-state index in [4.69, 9.17) is 0 Å². The first-order valence-corrected chi connectivity index (χ1v) is 3.56. The fourth-order valence-corrected chi connectivity index (χ4v) is 0.897. The van der Waals surface area contributed by atoms with E-state index in [1.165, 1.54) is 0 Å². The minimum Gasteiger partial charge on any atom is -0.211 e. The highest BCUT2D eigenvalue weighted by Gasteiger charge is 2.25. The molecule has 0 unspecified atom stereocenters. The van der Waals surface area contributed by atoms with Gasteiger partial charge in [0, 0.05) is 0 Å². The molecule has 0 aromatic heterocycles. The summed E-state index contributed by atoms with van der Waals surface area (Å²) in [6.45, 7) is 0. The van der Waals surface area contributed by atoms with Gasteiger partial charge in [0.15, 0.2) is 34.6 Å². The van der Waals surface area contributed by atoms with E-state index < -0.39 is 34.6 Å². The first-order valence-electron chi connectivity index (χ1n) is 3.56. The van der Waals surface area contributed by atoms with Crippen LogP contribution >= 0.6 is 0 Å². The van der Waals surface area contributed by atoms with Gasteiger partial charge in [-0.15, -0.1) is 0 Å². The Morgan fingerprint density at radius 2 is 1.06 bits per heavy atom. The average molecular weight is 232 g/mol. The number of isocyanates is 2. The molecule has 0 aliphatic carbocycles. The van der Waals surface area contributed by atoms with Crippen molar-refractivity contribution >= 4 is 23.5 Å². The number of carbonyl (C=O) groups excluding carboxylic acids is 2. The summed E-state index contributed by atoms with van der Waals surface area (Å²) in [7, 11) is 0. The molecule has 0 aliphatic heterocycles. The van der Waals surface area contributed by atoms with Crippen molar-refractivity contribution in [2.45, 2.75) is 0 Å². The molecule has 4 nitrogen and oxygen atoms in total. The van der Waals surface area contributed by atoms with E-state index >= 15 is 0 Å².